The normalized spacial score (nSPS) is 11.9. The second-order valence-corrected chi connectivity index (χ2v) is 24.0. The van der Waals surface area contributed by atoms with Crippen molar-refractivity contribution in [2.75, 3.05) is 9.80 Å². The fourth-order valence-electron chi connectivity index (χ4n) is 11.5. The molecule has 356 valence electrons. The lowest BCUT2D eigenvalue weighted by Gasteiger charge is -2.26. The standard InChI is InChI=1S/C70H42N2S4/c1-3-11-49(12-4-1)71(53-29-33-65-61(41-53)55-15-7-9-17-63(55)73-65)51-25-19-43(20-26-51)45-23-31-57-59-35-47-40-70-60(36-48(47)39-69(59)75-67(57)37-45)58-32-24-46(38-68(58)76-70)44-21-27-52(28-22-44)72(50-13-5-2-6-14-50)54-30-34-66-62(42-54)56-16-8-10-18-64(56)74-66/h1-42H. The Hall–Kier alpha value is -8.62. The fourth-order valence-corrected chi connectivity index (χ4v) is 16.0. The first-order valence-corrected chi connectivity index (χ1v) is 28.9. The molecule has 2 nitrogen and oxygen atoms in total. The Kier molecular flexibility index (Phi) is 10.1. The predicted molar refractivity (Wildman–Crippen MR) is 336 cm³/mol. The molecule has 76 heavy (non-hydrogen) atoms. The summed E-state index contributed by atoms with van der Waals surface area (Å²) in [6.07, 6.45) is 0. The highest BCUT2D eigenvalue weighted by atomic mass is 32.1. The van der Waals surface area contributed by atoms with Crippen LogP contribution in [0.25, 0.3) is 114 Å². The van der Waals surface area contributed by atoms with Gasteiger partial charge in [-0.05, 0) is 166 Å². The van der Waals surface area contributed by atoms with E-state index in [2.05, 4.69) is 265 Å². The maximum atomic E-state index is 2.42. The lowest BCUT2D eigenvalue weighted by Crippen LogP contribution is -2.09. The van der Waals surface area contributed by atoms with Gasteiger partial charge in [0.2, 0.25) is 0 Å². The molecule has 4 aromatic heterocycles. The van der Waals surface area contributed by atoms with E-state index >= 15 is 0 Å². The number of rotatable bonds is 8. The van der Waals surface area contributed by atoms with E-state index in [4.69, 9.17) is 0 Å². The van der Waals surface area contributed by atoms with Gasteiger partial charge in [-0.2, -0.15) is 0 Å². The Morgan fingerprint density at radius 1 is 0.184 bits per heavy atom. The van der Waals surface area contributed by atoms with Crippen LogP contribution in [0.3, 0.4) is 0 Å². The maximum Gasteiger partial charge on any atom is 0.0468 e. The quantitative estimate of drug-likeness (QED) is 0.150. The van der Waals surface area contributed by atoms with E-state index in [-0.39, 0.29) is 0 Å². The molecule has 4 heterocycles. The van der Waals surface area contributed by atoms with Crippen molar-refractivity contribution >= 4 is 171 Å². The highest BCUT2D eigenvalue weighted by Crippen LogP contribution is 2.46. The van der Waals surface area contributed by atoms with Gasteiger partial charge in [0, 0.05) is 115 Å². The van der Waals surface area contributed by atoms with Crippen LogP contribution in [0, 0.1) is 0 Å². The second-order valence-electron chi connectivity index (χ2n) is 19.7. The molecule has 0 radical (unpaired) electrons. The summed E-state index contributed by atoms with van der Waals surface area (Å²) in [5.74, 6) is 0. The Labute approximate surface area is 454 Å². The molecule has 0 N–H and O–H groups in total. The van der Waals surface area contributed by atoms with Crippen molar-refractivity contribution in [1.82, 2.24) is 0 Å². The zero-order chi connectivity index (χ0) is 49.8. The largest absolute Gasteiger partial charge is 0.310 e. The third-order valence-corrected chi connectivity index (χ3v) is 19.7. The molecule has 16 aromatic rings. The summed E-state index contributed by atoms with van der Waals surface area (Å²) in [4.78, 5) is 4.74. The van der Waals surface area contributed by atoms with Crippen LogP contribution in [0.2, 0.25) is 0 Å². The third-order valence-electron chi connectivity index (χ3n) is 15.2. The molecule has 0 aliphatic heterocycles. The molecule has 0 aliphatic rings. The number of hydrogen-bond donors (Lipinski definition) is 0. The summed E-state index contributed by atoms with van der Waals surface area (Å²) in [5.41, 5.74) is 11.7. The van der Waals surface area contributed by atoms with E-state index in [1.54, 1.807) is 0 Å². The Balaban J connectivity index is 0.696. The summed E-state index contributed by atoms with van der Waals surface area (Å²) < 4.78 is 10.5. The molecule has 6 heteroatoms. The number of hydrogen-bond acceptors (Lipinski definition) is 6. The van der Waals surface area contributed by atoms with Gasteiger partial charge in [-0.25, -0.2) is 0 Å². The average Bonchev–Trinajstić information content (AvgIpc) is 4.29. The minimum Gasteiger partial charge on any atom is -0.310 e. The van der Waals surface area contributed by atoms with Gasteiger partial charge in [-0.1, -0.05) is 121 Å². The summed E-state index contributed by atoms with van der Waals surface area (Å²) in [5, 5.41) is 13.0. The van der Waals surface area contributed by atoms with Gasteiger partial charge in [0.25, 0.3) is 0 Å². The van der Waals surface area contributed by atoms with Gasteiger partial charge >= 0.3 is 0 Å². The summed E-state index contributed by atoms with van der Waals surface area (Å²) in [7, 11) is 0. The summed E-state index contributed by atoms with van der Waals surface area (Å²) >= 11 is 7.50. The van der Waals surface area contributed by atoms with Crippen LogP contribution in [-0.2, 0) is 0 Å². The van der Waals surface area contributed by atoms with Crippen molar-refractivity contribution in [3.63, 3.8) is 0 Å². The van der Waals surface area contributed by atoms with Crippen molar-refractivity contribution in [3.8, 4) is 22.3 Å². The first kappa shape index (κ1) is 43.7. The SMILES string of the molecule is c1ccc(N(c2ccc(-c3ccc4c(c3)sc3cc5cc6c(cc5cc34)sc3cc(-c4ccc(N(c5ccccc5)c5ccc7sc8ccccc8c7c5)cc4)ccc36)cc2)c2ccc3sc4ccccc4c3c2)cc1. The topological polar surface area (TPSA) is 6.48 Å². The number of anilines is 6. The van der Waals surface area contributed by atoms with Crippen molar-refractivity contribution in [3.05, 3.63) is 255 Å². The Bertz CT molecular complexity index is 4620. The molecule has 16 rings (SSSR count). The first-order chi connectivity index (χ1) is 37.6. The first-order valence-electron chi connectivity index (χ1n) is 25.6. The van der Waals surface area contributed by atoms with Gasteiger partial charge in [0.05, 0.1) is 0 Å². The smallest absolute Gasteiger partial charge is 0.0468 e. The van der Waals surface area contributed by atoms with Crippen molar-refractivity contribution < 1.29 is 0 Å². The van der Waals surface area contributed by atoms with Gasteiger partial charge in [-0.3, -0.25) is 0 Å². The number of thiophene rings is 4. The molecule has 0 aliphatic carbocycles. The molecule has 0 bridgehead atoms. The van der Waals surface area contributed by atoms with E-state index in [1.807, 2.05) is 45.3 Å². The highest BCUT2D eigenvalue weighted by molar-refractivity contribution is 7.27. The van der Waals surface area contributed by atoms with E-state index in [0.717, 1.165) is 34.1 Å². The van der Waals surface area contributed by atoms with Crippen LogP contribution in [0.5, 0.6) is 0 Å². The van der Waals surface area contributed by atoms with Gasteiger partial charge in [0.1, 0.15) is 0 Å². The van der Waals surface area contributed by atoms with Crippen molar-refractivity contribution in [2.45, 2.75) is 0 Å². The zero-order valence-electron chi connectivity index (χ0n) is 40.8. The number of nitrogens with zero attached hydrogens (tertiary/aromatic N) is 2. The summed E-state index contributed by atoms with van der Waals surface area (Å²) in [6.45, 7) is 0. The highest BCUT2D eigenvalue weighted by Gasteiger charge is 2.19. The van der Waals surface area contributed by atoms with E-state index in [1.165, 1.54) is 114 Å². The molecular weight excluding hydrogens is 997 g/mol. The lowest BCUT2D eigenvalue weighted by molar-refractivity contribution is 1.29. The number of para-hydroxylation sites is 2. The number of benzene rings is 12. The van der Waals surface area contributed by atoms with Crippen LogP contribution >= 0.6 is 45.3 Å². The van der Waals surface area contributed by atoms with Crippen LogP contribution in [0.1, 0.15) is 0 Å². The van der Waals surface area contributed by atoms with Gasteiger partial charge < -0.3 is 9.80 Å². The zero-order valence-corrected chi connectivity index (χ0v) is 44.0. The van der Waals surface area contributed by atoms with E-state index in [0.29, 0.717) is 0 Å². The van der Waals surface area contributed by atoms with Crippen LogP contribution in [0.15, 0.2) is 255 Å². The number of fused-ring (bicyclic) bond motifs is 13. The summed E-state index contributed by atoms with van der Waals surface area (Å²) in [6, 6.07) is 94.5. The monoisotopic (exact) mass is 1040 g/mol. The predicted octanol–water partition coefficient (Wildman–Crippen LogP) is 22.6. The average molecular weight is 1040 g/mol. The van der Waals surface area contributed by atoms with Gasteiger partial charge in [0.15, 0.2) is 0 Å². The molecule has 0 unspecified atom stereocenters. The van der Waals surface area contributed by atoms with Crippen LogP contribution in [-0.4, -0.2) is 0 Å². The lowest BCUT2D eigenvalue weighted by atomic mass is 10.00. The maximum absolute atomic E-state index is 2.42. The van der Waals surface area contributed by atoms with Gasteiger partial charge in [-0.15, -0.1) is 45.3 Å². The molecule has 0 saturated carbocycles. The molecule has 12 aromatic carbocycles. The van der Waals surface area contributed by atoms with Crippen LogP contribution in [0.4, 0.5) is 34.1 Å². The minimum atomic E-state index is 1.13. The third kappa shape index (κ3) is 7.25. The molecule has 0 saturated heterocycles. The molecule has 0 amide bonds. The molecular formula is C70H42N2S4. The van der Waals surface area contributed by atoms with E-state index < -0.39 is 0 Å². The van der Waals surface area contributed by atoms with Crippen LogP contribution < -0.4 is 9.80 Å². The Morgan fingerprint density at radius 2 is 0.500 bits per heavy atom. The Morgan fingerprint density at radius 3 is 0.947 bits per heavy atom. The molecule has 0 spiro atoms. The van der Waals surface area contributed by atoms with Crippen molar-refractivity contribution in [2.24, 2.45) is 0 Å². The molecule has 0 fully saturated rings. The van der Waals surface area contributed by atoms with Crippen molar-refractivity contribution in [1.29, 1.82) is 0 Å². The second kappa shape index (κ2) is 17.5. The minimum absolute atomic E-state index is 1.13. The molecule has 0 atom stereocenters. The fraction of sp³-hybridized carbons (Fsp3) is 0. The van der Waals surface area contributed by atoms with E-state index in [9.17, 15) is 0 Å².